The van der Waals surface area contributed by atoms with Gasteiger partial charge in [0.05, 0.1) is 19.0 Å². The van der Waals surface area contributed by atoms with Gasteiger partial charge in [-0.25, -0.2) is 4.39 Å². The van der Waals surface area contributed by atoms with Gasteiger partial charge in [-0.05, 0) is 13.0 Å². The maximum atomic E-state index is 13.7. The van der Waals surface area contributed by atoms with E-state index in [2.05, 4.69) is 5.32 Å². The third-order valence-electron chi connectivity index (χ3n) is 3.16. The monoisotopic (exact) mass is 319 g/mol. The number of carbonyl (C=O) groups excluding carboxylic acids is 1. The average molecular weight is 319 g/mol. The molecule has 0 aliphatic carbocycles. The molecule has 5 nitrogen and oxygen atoms in total. The summed E-state index contributed by atoms with van der Waals surface area (Å²) in [5.74, 6) is -0.776. The van der Waals surface area contributed by atoms with Crippen LogP contribution in [-0.2, 0) is 6.54 Å². The van der Waals surface area contributed by atoms with Crippen molar-refractivity contribution in [2.75, 3.05) is 6.54 Å². The Morgan fingerprint density at radius 1 is 1.45 bits per heavy atom. The Morgan fingerprint density at radius 2 is 2.18 bits per heavy atom. The molecule has 1 aromatic carbocycles. The fraction of sp³-hybridized carbons (Fsp3) is 0.267. The van der Waals surface area contributed by atoms with Gasteiger partial charge in [0.15, 0.2) is 0 Å². The van der Waals surface area contributed by atoms with Crippen molar-refractivity contribution in [3.63, 3.8) is 0 Å². The third kappa shape index (κ3) is 3.40. The van der Waals surface area contributed by atoms with Gasteiger partial charge < -0.3 is 5.32 Å². The van der Waals surface area contributed by atoms with Gasteiger partial charge in [0.25, 0.3) is 5.91 Å². The molecule has 0 atom stereocenters. The maximum absolute atomic E-state index is 13.7. The lowest BCUT2D eigenvalue weighted by Gasteiger charge is -2.07. The molecule has 0 bridgehead atoms. The predicted octanol–water partition coefficient (Wildman–Crippen LogP) is 2.05. The highest BCUT2D eigenvalue weighted by atomic mass is 32.1. The van der Waals surface area contributed by atoms with E-state index in [1.165, 1.54) is 10.6 Å². The molecule has 0 saturated carbocycles. The van der Waals surface area contributed by atoms with Crippen LogP contribution in [0.3, 0.4) is 0 Å². The topological polar surface area (TPSA) is 74.9 Å². The van der Waals surface area contributed by atoms with Crippen LogP contribution in [0.2, 0.25) is 0 Å². The van der Waals surface area contributed by atoms with Gasteiger partial charge in [-0.2, -0.15) is 5.26 Å². The van der Waals surface area contributed by atoms with E-state index >= 15 is 0 Å². The van der Waals surface area contributed by atoms with E-state index in [-0.39, 0.29) is 36.1 Å². The number of hydrogen-bond acceptors (Lipinski definition) is 4. The van der Waals surface area contributed by atoms with Crippen LogP contribution < -0.4 is 10.2 Å². The first-order valence-corrected chi connectivity index (χ1v) is 7.45. The second-order valence-electron chi connectivity index (χ2n) is 4.62. The molecule has 22 heavy (non-hydrogen) atoms. The maximum Gasteiger partial charge on any atom is 0.308 e. The first kappa shape index (κ1) is 15.9. The molecular formula is C15H14FN3O2S. The Kier molecular flexibility index (Phi) is 5.07. The molecule has 0 fully saturated rings. The van der Waals surface area contributed by atoms with Crippen molar-refractivity contribution in [2.24, 2.45) is 0 Å². The lowest BCUT2D eigenvalue weighted by atomic mass is 10.2. The molecule has 2 aromatic rings. The summed E-state index contributed by atoms with van der Waals surface area (Å²) >= 11 is 0.822. The van der Waals surface area contributed by atoms with Crippen molar-refractivity contribution >= 4 is 17.2 Å². The van der Waals surface area contributed by atoms with E-state index in [1.54, 1.807) is 25.1 Å². The SMILES string of the molecule is Cc1c(C(=O)NCCC#N)sc(=O)n1Cc1ccccc1F. The largest absolute Gasteiger partial charge is 0.350 e. The summed E-state index contributed by atoms with van der Waals surface area (Å²) in [6.07, 6.45) is 0.204. The Morgan fingerprint density at radius 3 is 2.86 bits per heavy atom. The number of aromatic nitrogens is 1. The van der Waals surface area contributed by atoms with Crippen LogP contribution in [0, 0.1) is 24.1 Å². The molecule has 2 rings (SSSR count). The van der Waals surface area contributed by atoms with E-state index in [9.17, 15) is 14.0 Å². The summed E-state index contributed by atoms with van der Waals surface area (Å²) < 4.78 is 15.1. The lowest BCUT2D eigenvalue weighted by Crippen LogP contribution is -2.24. The van der Waals surface area contributed by atoms with Crippen LogP contribution in [0.4, 0.5) is 4.39 Å². The zero-order valence-corrected chi connectivity index (χ0v) is 12.7. The standard InChI is InChI=1S/C15H14FN3O2S/c1-10-13(14(20)18-8-4-7-17)22-15(21)19(10)9-11-5-2-3-6-12(11)16/h2-3,5-6H,4,8-9H2,1H3,(H,18,20). The van der Waals surface area contributed by atoms with Gasteiger partial charge in [0, 0.05) is 17.8 Å². The molecule has 0 saturated heterocycles. The van der Waals surface area contributed by atoms with Crippen molar-refractivity contribution in [1.29, 1.82) is 5.26 Å². The second-order valence-corrected chi connectivity index (χ2v) is 5.59. The van der Waals surface area contributed by atoms with Crippen molar-refractivity contribution < 1.29 is 9.18 Å². The second kappa shape index (κ2) is 7.00. The molecule has 0 radical (unpaired) electrons. The molecule has 114 valence electrons. The van der Waals surface area contributed by atoms with E-state index in [1.807, 2.05) is 6.07 Å². The Labute approximate surface area is 130 Å². The van der Waals surface area contributed by atoms with Gasteiger partial charge in [-0.3, -0.25) is 14.2 Å². The summed E-state index contributed by atoms with van der Waals surface area (Å²) in [5, 5.41) is 11.0. The van der Waals surface area contributed by atoms with Crippen molar-refractivity contribution in [1.82, 2.24) is 9.88 Å². The Bertz CT molecular complexity index is 789. The van der Waals surface area contributed by atoms with Gasteiger partial charge in [-0.1, -0.05) is 29.5 Å². The number of nitrogens with one attached hydrogen (secondary N) is 1. The minimum Gasteiger partial charge on any atom is -0.350 e. The van der Waals surface area contributed by atoms with Crippen LogP contribution in [0.15, 0.2) is 29.1 Å². The van der Waals surface area contributed by atoms with Crippen molar-refractivity contribution in [3.05, 3.63) is 55.9 Å². The van der Waals surface area contributed by atoms with E-state index in [0.29, 0.717) is 16.1 Å². The van der Waals surface area contributed by atoms with Crippen LogP contribution in [0.5, 0.6) is 0 Å². The normalized spacial score (nSPS) is 10.2. The van der Waals surface area contributed by atoms with Crippen molar-refractivity contribution in [2.45, 2.75) is 19.9 Å². The minimum atomic E-state index is -0.389. The van der Waals surface area contributed by atoms with Gasteiger partial charge in [0.2, 0.25) is 0 Å². The quantitative estimate of drug-likeness (QED) is 0.857. The molecule has 0 unspecified atom stereocenters. The number of hydrogen-bond donors (Lipinski definition) is 1. The Balaban J connectivity index is 2.24. The zero-order valence-electron chi connectivity index (χ0n) is 11.9. The number of rotatable bonds is 5. The molecule has 0 aliphatic rings. The summed E-state index contributed by atoms with van der Waals surface area (Å²) in [6, 6.07) is 8.13. The molecule has 1 heterocycles. The first-order valence-electron chi connectivity index (χ1n) is 6.63. The lowest BCUT2D eigenvalue weighted by molar-refractivity contribution is 0.0957. The van der Waals surface area contributed by atoms with Crippen LogP contribution >= 0.6 is 11.3 Å². The smallest absolute Gasteiger partial charge is 0.308 e. The number of carbonyl (C=O) groups is 1. The third-order valence-corrected chi connectivity index (χ3v) is 4.24. The number of amides is 1. The van der Waals surface area contributed by atoms with E-state index < -0.39 is 0 Å². The Hall–Kier alpha value is -2.46. The highest BCUT2D eigenvalue weighted by molar-refractivity contribution is 7.11. The molecule has 1 amide bonds. The highest BCUT2D eigenvalue weighted by Gasteiger charge is 2.18. The zero-order chi connectivity index (χ0) is 16.1. The minimum absolute atomic E-state index is 0.0827. The van der Waals surface area contributed by atoms with Crippen LogP contribution in [0.25, 0.3) is 0 Å². The number of thiazole rings is 1. The summed E-state index contributed by atoms with van der Waals surface area (Å²) in [4.78, 5) is 24.0. The summed E-state index contributed by atoms with van der Waals surface area (Å²) in [7, 11) is 0. The molecule has 0 spiro atoms. The van der Waals surface area contributed by atoms with E-state index in [0.717, 1.165) is 11.3 Å². The van der Waals surface area contributed by atoms with Crippen LogP contribution in [0.1, 0.15) is 27.3 Å². The first-order chi connectivity index (χ1) is 10.5. The highest BCUT2D eigenvalue weighted by Crippen LogP contribution is 2.15. The number of halogens is 1. The molecule has 7 heteroatoms. The number of benzene rings is 1. The van der Waals surface area contributed by atoms with Gasteiger partial charge in [-0.15, -0.1) is 0 Å². The average Bonchev–Trinajstić information content (AvgIpc) is 2.78. The molecular weight excluding hydrogens is 305 g/mol. The van der Waals surface area contributed by atoms with Gasteiger partial charge >= 0.3 is 4.87 Å². The predicted molar refractivity (Wildman–Crippen MR) is 81.4 cm³/mol. The molecule has 1 aromatic heterocycles. The number of nitriles is 1. The van der Waals surface area contributed by atoms with Crippen LogP contribution in [-0.4, -0.2) is 17.0 Å². The number of nitrogens with zero attached hydrogens (tertiary/aromatic N) is 2. The summed E-state index contributed by atoms with van der Waals surface area (Å²) in [6.45, 7) is 1.96. The molecule has 0 aliphatic heterocycles. The fourth-order valence-electron chi connectivity index (χ4n) is 1.98. The fourth-order valence-corrected chi connectivity index (χ4v) is 2.89. The van der Waals surface area contributed by atoms with Gasteiger partial charge in [0.1, 0.15) is 10.7 Å². The van der Waals surface area contributed by atoms with Crippen molar-refractivity contribution in [3.8, 4) is 6.07 Å². The van der Waals surface area contributed by atoms with E-state index in [4.69, 9.17) is 5.26 Å². The summed E-state index contributed by atoms with van der Waals surface area (Å²) in [5.41, 5.74) is 0.884. The molecule has 1 N–H and O–H groups in total.